The van der Waals surface area contributed by atoms with Crippen LogP contribution in [-0.4, -0.2) is 31.4 Å². The van der Waals surface area contributed by atoms with Gasteiger partial charge in [-0.15, -0.1) is 5.10 Å². The van der Waals surface area contributed by atoms with Crippen LogP contribution in [0.15, 0.2) is 4.52 Å². The Morgan fingerprint density at radius 3 is 2.94 bits per heavy atom. The van der Waals surface area contributed by atoms with Gasteiger partial charge in [0.1, 0.15) is 0 Å². The Morgan fingerprint density at radius 1 is 1.35 bits per heavy atom. The van der Waals surface area contributed by atoms with Crippen LogP contribution >= 0.6 is 0 Å². The highest BCUT2D eigenvalue weighted by Crippen LogP contribution is 2.20. The van der Waals surface area contributed by atoms with Crippen molar-refractivity contribution in [2.75, 3.05) is 11.9 Å². The van der Waals surface area contributed by atoms with E-state index in [2.05, 4.69) is 25.5 Å². The third-order valence-electron chi connectivity index (χ3n) is 2.65. The molecule has 0 atom stereocenters. The van der Waals surface area contributed by atoms with Gasteiger partial charge in [-0.3, -0.25) is 0 Å². The predicted molar refractivity (Wildman–Crippen MR) is 60.5 cm³/mol. The molecule has 2 aromatic heterocycles. The third kappa shape index (κ3) is 1.77. The summed E-state index contributed by atoms with van der Waals surface area (Å²) < 4.78 is 6.99. The van der Waals surface area contributed by atoms with E-state index in [1.54, 1.807) is 0 Å². The first-order valence-electron chi connectivity index (χ1n) is 5.77. The van der Waals surface area contributed by atoms with Crippen molar-refractivity contribution in [2.45, 2.75) is 32.7 Å². The molecular formula is C10H14N6O. The minimum atomic E-state index is 0.239. The number of aryl methyl sites for hydroxylation is 1. The second-order valence-electron chi connectivity index (χ2n) is 4.37. The fourth-order valence-electron chi connectivity index (χ4n) is 1.71. The van der Waals surface area contributed by atoms with E-state index >= 15 is 0 Å². The molecule has 0 aliphatic carbocycles. The Labute approximate surface area is 98.2 Å². The smallest absolute Gasteiger partial charge is 0.297 e. The van der Waals surface area contributed by atoms with E-state index in [1.807, 2.05) is 18.5 Å². The normalized spacial score (nSPS) is 14.8. The van der Waals surface area contributed by atoms with Crippen LogP contribution < -0.4 is 5.32 Å². The first-order chi connectivity index (χ1) is 8.24. The number of hydrogen-bond donors (Lipinski definition) is 1. The van der Waals surface area contributed by atoms with Crippen LogP contribution in [0.4, 0.5) is 5.95 Å². The maximum Gasteiger partial charge on any atom is 0.297 e. The fraction of sp³-hybridized carbons (Fsp3) is 0.600. The quantitative estimate of drug-likeness (QED) is 0.842. The molecule has 0 amide bonds. The summed E-state index contributed by atoms with van der Waals surface area (Å²) in [6.07, 6.45) is 1.05. The van der Waals surface area contributed by atoms with E-state index in [9.17, 15) is 0 Å². The summed E-state index contributed by atoms with van der Waals surface area (Å²) in [6.45, 7) is 5.84. The number of aromatic nitrogens is 5. The molecule has 2 aromatic rings. The van der Waals surface area contributed by atoms with Gasteiger partial charge < -0.3 is 9.84 Å². The minimum absolute atomic E-state index is 0.239. The van der Waals surface area contributed by atoms with Crippen LogP contribution in [0.1, 0.15) is 32.0 Å². The van der Waals surface area contributed by atoms with Gasteiger partial charge in [-0.25, -0.2) is 4.68 Å². The first kappa shape index (κ1) is 10.2. The summed E-state index contributed by atoms with van der Waals surface area (Å²) in [5.74, 6) is 2.57. The third-order valence-corrected chi connectivity index (χ3v) is 2.65. The van der Waals surface area contributed by atoms with Gasteiger partial charge in [0, 0.05) is 19.0 Å². The van der Waals surface area contributed by atoms with Crippen molar-refractivity contribution in [2.24, 2.45) is 0 Å². The van der Waals surface area contributed by atoms with Gasteiger partial charge in [-0.05, 0) is 6.42 Å². The van der Waals surface area contributed by atoms with Gasteiger partial charge in [-0.1, -0.05) is 19.0 Å². The second kappa shape index (κ2) is 3.83. The van der Waals surface area contributed by atoms with E-state index in [0.29, 0.717) is 17.5 Å². The van der Waals surface area contributed by atoms with Gasteiger partial charge in [0.15, 0.2) is 5.82 Å². The van der Waals surface area contributed by atoms with Gasteiger partial charge in [-0.2, -0.15) is 9.97 Å². The Kier molecular flexibility index (Phi) is 2.31. The average molecular weight is 234 g/mol. The summed E-state index contributed by atoms with van der Waals surface area (Å²) in [5, 5.41) is 11.4. The highest BCUT2D eigenvalue weighted by atomic mass is 16.5. The van der Waals surface area contributed by atoms with E-state index in [-0.39, 0.29) is 5.92 Å². The zero-order valence-corrected chi connectivity index (χ0v) is 9.84. The zero-order chi connectivity index (χ0) is 11.8. The minimum Gasteiger partial charge on any atom is -0.354 e. The lowest BCUT2D eigenvalue weighted by atomic mass is 10.2. The predicted octanol–water partition coefficient (Wildman–Crippen LogP) is 1.27. The van der Waals surface area contributed by atoms with E-state index < -0.39 is 0 Å². The summed E-state index contributed by atoms with van der Waals surface area (Å²) in [5.41, 5.74) is 0. The number of rotatable bonds is 2. The molecule has 0 aromatic carbocycles. The monoisotopic (exact) mass is 234 g/mol. The van der Waals surface area contributed by atoms with E-state index in [0.717, 1.165) is 25.5 Å². The number of anilines is 1. The van der Waals surface area contributed by atoms with Gasteiger partial charge in [0.25, 0.3) is 5.89 Å². The lowest BCUT2D eigenvalue weighted by Crippen LogP contribution is -2.17. The maximum atomic E-state index is 5.16. The molecule has 7 heteroatoms. The molecule has 0 fully saturated rings. The summed E-state index contributed by atoms with van der Waals surface area (Å²) in [6, 6.07) is 0. The number of nitrogens with zero attached hydrogens (tertiary/aromatic N) is 5. The first-order valence-corrected chi connectivity index (χ1v) is 5.77. The average Bonchev–Trinajstić information content (AvgIpc) is 2.95. The molecule has 1 aliphatic heterocycles. The maximum absolute atomic E-state index is 5.16. The summed E-state index contributed by atoms with van der Waals surface area (Å²) >= 11 is 0. The highest BCUT2D eigenvalue weighted by Gasteiger charge is 2.19. The van der Waals surface area contributed by atoms with Crippen LogP contribution in [-0.2, 0) is 6.54 Å². The van der Waals surface area contributed by atoms with Crippen molar-refractivity contribution in [3.05, 3.63) is 5.82 Å². The van der Waals surface area contributed by atoms with Gasteiger partial charge in [0.2, 0.25) is 11.8 Å². The SMILES string of the molecule is CC(C)c1noc(-c2nc3n(n2)CCCN3)n1. The summed E-state index contributed by atoms with van der Waals surface area (Å²) in [4.78, 5) is 8.62. The Balaban J connectivity index is 1.94. The van der Waals surface area contributed by atoms with Crippen LogP contribution in [0.25, 0.3) is 11.7 Å². The van der Waals surface area contributed by atoms with Crippen molar-refractivity contribution < 1.29 is 4.52 Å². The second-order valence-corrected chi connectivity index (χ2v) is 4.37. The molecule has 90 valence electrons. The van der Waals surface area contributed by atoms with Crippen LogP contribution in [0.3, 0.4) is 0 Å². The molecule has 0 saturated heterocycles. The number of nitrogens with one attached hydrogen (secondary N) is 1. The number of hydrogen-bond acceptors (Lipinski definition) is 6. The molecule has 0 saturated carbocycles. The van der Waals surface area contributed by atoms with Crippen molar-refractivity contribution in [3.63, 3.8) is 0 Å². The fourth-order valence-corrected chi connectivity index (χ4v) is 1.71. The lowest BCUT2D eigenvalue weighted by Gasteiger charge is -2.12. The van der Waals surface area contributed by atoms with Crippen molar-refractivity contribution >= 4 is 5.95 Å². The summed E-state index contributed by atoms with van der Waals surface area (Å²) in [7, 11) is 0. The van der Waals surface area contributed by atoms with Crippen LogP contribution in [0.2, 0.25) is 0 Å². The Morgan fingerprint density at radius 2 is 2.24 bits per heavy atom. The van der Waals surface area contributed by atoms with Gasteiger partial charge >= 0.3 is 0 Å². The van der Waals surface area contributed by atoms with Gasteiger partial charge in [0.05, 0.1) is 0 Å². The zero-order valence-electron chi connectivity index (χ0n) is 9.84. The molecule has 3 heterocycles. The lowest BCUT2D eigenvalue weighted by molar-refractivity contribution is 0.416. The molecule has 0 spiro atoms. The highest BCUT2D eigenvalue weighted by molar-refractivity contribution is 5.44. The van der Waals surface area contributed by atoms with Crippen LogP contribution in [0.5, 0.6) is 0 Å². The number of fused-ring (bicyclic) bond motifs is 1. The molecule has 0 bridgehead atoms. The molecule has 7 nitrogen and oxygen atoms in total. The van der Waals surface area contributed by atoms with Crippen molar-refractivity contribution in [1.29, 1.82) is 0 Å². The van der Waals surface area contributed by atoms with E-state index in [1.165, 1.54) is 0 Å². The van der Waals surface area contributed by atoms with E-state index in [4.69, 9.17) is 4.52 Å². The molecular weight excluding hydrogens is 220 g/mol. The molecule has 17 heavy (non-hydrogen) atoms. The molecule has 0 unspecified atom stereocenters. The Bertz CT molecular complexity index is 505. The van der Waals surface area contributed by atoms with Crippen LogP contribution in [0, 0.1) is 0 Å². The molecule has 1 N–H and O–H groups in total. The molecule has 1 aliphatic rings. The topological polar surface area (TPSA) is 81.7 Å². The Hall–Kier alpha value is -1.92. The standard InChI is InChI=1S/C10H14N6O/c1-6(2)7-12-9(17-15-7)8-13-10-11-4-3-5-16(10)14-8/h6H,3-5H2,1-2H3,(H,11,13,14). The van der Waals surface area contributed by atoms with Crippen molar-refractivity contribution in [3.8, 4) is 11.7 Å². The molecule has 0 radical (unpaired) electrons. The largest absolute Gasteiger partial charge is 0.354 e. The molecule has 3 rings (SSSR count). The van der Waals surface area contributed by atoms with Crippen molar-refractivity contribution in [1.82, 2.24) is 24.9 Å².